The Hall–Kier alpha value is -4.52. The lowest BCUT2D eigenvalue weighted by atomic mass is 9.86. The third-order valence-corrected chi connectivity index (χ3v) is 13.2. The third-order valence-electron chi connectivity index (χ3n) is 13.2. The summed E-state index contributed by atoms with van der Waals surface area (Å²) in [7, 11) is 0. The zero-order valence-electron chi connectivity index (χ0n) is 35.6. The van der Waals surface area contributed by atoms with Crippen LogP contribution in [0.15, 0.2) is 29.6 Å². The summed E-state index contributed by atoms with van der Waals surface area (Å²) in [6, 6.07) is 0. The number of hydrogen-bond donors (Lipinski definition) is 4. The van der Waals surface area contributed by atoms with Gasteiger partial charge >= 0.3 is 5.97 Å². The molecule has 4 N–H and O–H groups in total. The minimum Gasteiger partial charge on any atom is -0.461 e. The summed E-state index contributed by atoms with van der Waals surface area (Å²) in [6.45, 7) is 24.4. The molecule has 7 nitrogen and oxygen atoms in total. The summed E-state index contributed by atoms with van der Waals surface area (Å²) < 4.78 is 5.77. The van der Waals surface area contributed by atoms with E-state index in [0.717, 1.165) is 97.4 Å². The van der Waals surface area contributed by atoms with Crippen LogP contribution in [0.5, 0.6) is 0 Å². The molecule has 7 heteroatoms. The quantitative estimate of drug-likeness (QED) is 0.0863. The average Bonchev–Trinajstić information content (AvgIpc) is 3.92. The Kier molecular flexibility index (Phi) is 13.0. The van der Waals surface area contributed by atoms with Crippen molar-refractivity contribution in [2.75, 3.05) is 6.61 Å². The van der Waals surface area contributed by atoms with Crippen LogP contribution in [0, 0.1) is 44.4 Å². The van der Waals surface area contributed by atoms with Gasteiger partial charge in [0.2, 0.25) is 0 Å². The fraction of sp³-hybridized carbons (Fsp3) is 0.510. The summed E-state index contributed by atoms with van der Waals surface area (Å²) in [6.07, 6.45) is 21.4. The second kappa shape index (κ2) is 17.7. The Labute approximate surface area is 335 Å². The van der Waals surface area contributed by atoms with Gasteiger partial charge in [0.15, 0.2) is 5.78 Å². The Bertz CT molecular complexity index is 2200. The fourth-order valence-corrected chi connectivity index (χ4v) is 9.23. The van der Waals surface area contributed by atoms with Crippen molar-refractivity contribution in [3.8, 4) is 0 Å². The lowest BCUT2D eigenvalue weighted by molar-refractivity contribution is -0.142. The molecule has 56 heavy (non-hydrogen) atoms. The molecule has 1 fully saturated rings. The van der Waals surface area contributed by atoms with Crippen molar-refractivity contribution in [3.05, 3.63) is 96.5 Å². The molecule has 2 aliphatic heterocycles. The molecule has 3 aromatic rings. The number of fused-ring (bicyclic) bond motifs is 7. The summed E-state index contributed by atoms with van der Waals surface area (Å²) >= 11 is 0. The molecule has 3 aliphatic rings. The Morgan fingerprint density at radius 1 is 0.911 bits per heavy atom. The van der Waals surface area contributed by atoms with Crippen LogP contribution in [0.25, 0.3) is 29.9 Å². The molecule has 1 saturated heterocycles. The van der Waals surface area contributed by atoms with Crippen molar-refractivity contribution in [2.45, 2.75) is 133 Å². The first-order chi connectivity index (χ1) is 26.8. The Morgan fingerprint density at radius 3 is 2.36 bits per heavy atom. The Balaban J connectivity index is 1.23. The van der Waals surface area contributed by atoms with E-state index in [2.05, 4.69) is 107 Å². The van der Waals surface area contributed by atoms with Crippen LogP contribution in [-0.4, -0.2) is 33.3 Å². The van der Waals surface area contributed by atoms with Gasteiger partial charge in [-0.3, -0.25) is 9.59 Å². The van der Waals surface area contributed by atoms with Crippen LogP contribution in [0.3, 0.4) is 0 Å². The smallest absolute Gasteiger partial charge is 0.306 e. The highest BCUT2D eigenvalue weighted by molar-refractivity contribution is 6.13. The van der Waals surface area contributed by atoms with E-state index in [4.69, 9.17) is 4.74 Å². The number of ketones is 1. The van der Waals surface area contributed by atoms with Crippen molar-refractivity contribution in [2.24, 2.45) is 23.7 Å². The van der Waals surface area contributed by atoms with Crippen LogP contribution in [0.2, 0.25) is 0 Å². The molecule has 3 aromatic heterocycles. The number of carbonyl (C=O) groups excluding carboxylic acids is 2. The largest absolute Gasteiger partial charge is 0.461 e. The van der Waals surface area contributed by atoms with E-state index < -0.39 is 0 Å². The first kappa shape index (κ1) is 41.1. The molecule has 5 heterocycles. The van der Waals surface area contributed by atoms with Crippen molar-refractivity contribution in [1.29, 1.82) is 0 Å². The van der Waals surface area contributed by atoms with Gasteiger partial charge in [0.1, 0.15) is 6.61 Å². The summed E-state index contributed by atoms with van der Waals surface area (Å²) in [5.41, 5.74) is 14.7. The lowest BCUT2D eigenvalue weighted by Crippen LogP contribution is -2.14. The monoisotopic (exact) mass is 759 g/mol. The number of esters is 1. The summed E-state index contributed by atoms with van der Waals surface area (Å²) in [5, 5.41) is 5.90. The van der Waals surface area contributed by atoms with Gasteiger partial charge in [0, 0.05) is 80.6 Å². The summed E-state index contributed by atoms with van der Waals surface area (Å²) in [5.74, 6) is 1.64. The van der Waals surface area contributed by atoms with Gasteiger partial charge in [0.05, 0.1) is 5.69 Å². The first-order valence-electron chi connectivity index (χ1n) is 21.4. The number of hydrogen-bond acceptors (Lipinski definition) is 4. The molecular weight excluding hydrogens is 693 g/mol. The predicted octanol–water partition coefficient (Wildman–Crippen LogP) is 10.3. The molecule has 4 atom stereocenters. The SMILES string of the molecule is C=Cc1c2[nH]c(c1C)/C=C1\N/C(=C3/CC(=O)c4c3[nH]c(c4C)/C=c3\[nH]/c(c(C)c3CC)=C\2)[C@@H](CCC(=O)OC/C=C(\C)CCC[C@H](C)CCC[C@H](C)CC)[C@@H]1C. The molecule has 1 aliphatic carbocycles. The maximum absolute atomic E-state index is 13.7. The maximum atomic E-state index is 13.7. The summed E-state index contributed by atoms with van der Waals surface area (Å²) in [4.78, 5) is 38.1. The van der Waals surface area contributed by atoms with Crippen LogP contribution in [-0.2, 0) is 16.0 Å². The molecule has 0 spiro atoms. The van der Waals surface area contributed by atoms with Crippen molar-refractivity contribution >= 4 is 41.6 Å². The molecule has 8 bridgehead atoms. The molecular formula is C49H66N4O3. The predicted molar refractivity (Wildman–Crippen MR) is 232 cm³/mol. The molecule has 0 amide bonds. The Morgan fingerprint density at radius 2 is 1.62 bits per heavy atom. The number of H-pyrrole nitrogens is 3. The van der Waals surface area contributed by atoms with Gasteiger partial charge in [-0.2, -0.15) is 0 Å². The van der Waals surface area contributed by atoms with E-state index in [0.29, 0.717) is 25.9 Å². The van der Waals surface area contributed by atoms with Gasteiger partial charge in [0.25, 0.3) is 0 Å². The number of rotatable bonds is 16. The minimum absolute atomic E-state index is 0.0128. The lowest BCUT2D eigenvalue weighted by Gasteiger charge is -2.17. The minimum atomic E-state index is -0.185. The number of aromatic amines is 3. The molecule has 300 valence electrons. The van der Waals surface area contributed by atoms with Crippen LogP contribution < -0.4 is 16.0 Å². The number of Topliss-reactive ketones (excluding diaryl/α,β-unsaturated/α-hetero) is 1. The number of allylic oxidation sites excluding steroid dienone is 4. The second-order valence-corrected chi connectivity index (χ2v) is 17.1. The topological polar surface area (TPSA) is 103 Å². The zero-order valence-corrected chi connectivity index (χ0v) is 35.6. The van der Waals surface area contributed by atoms with E-state index in [1.54, 1.807) is 0 Å². The zero-order chi connectivity index (χ0) is 40.3. The highest BCUT2D eigenvalue weighted by Crippen LogP contribution is 2.45. The number of ether oxygens (including phenoxy) is 1. The average molecular weight is 759 g/mol. The molecule has 0 saturated carbocycles. The maximum Gasteiger partial charge on any atom is 0.306 e. The number of nitrogens with one attached hydrogen (secondary N) is 4. The van der Waals surface area contributed by atoms with Crippen molar-refractivity contribution in [3.63, 3.8) is 0 Å². The van der Waals surface area contributed by atoms with E-state index in [9.17, 15) is 9.59 Å². The van der Waals surface area contributed by atoms with Gasteiger partial charge < -0.3 is 25.0 Å². The first-order valence-corrected chi connectivity index (χ1v) is 21.4. The van der Waals surface area contributed by atoms with Crippen LogP contribution >= 0.6 is 0 Å². The van der Waals surface area contributed by atoms with Gasteiger partial charge in [-0.1, -0.05) is 85.0 Å². The molecule has 0 unspecified atom stereocenters. The van der Waals surface area contributed by atoms with Crippen molar-refractivity contribution < 1.29 is 14.3 Å². The second-order valence-electron chi connectivity index (χ2n) is 17.1. The van der Waals surface area contributed by atoms with Crippen LogP contribution in [0.1, 0.15) is 167 Å². The number of carbonyl (C=O) groups is 2. The van der Waals surface area contributed by atoms with Crippen molar-refractivity contribution in [1.82, 2.24) is 20.3 Å². The molecule has 0 radical (unpaired) electrons. The molecule has 6 rings (SSSR count). The van der Waals surface area contributed by atoms with Gasteiger partial charge in [-0.25, -0.2) is 0 Å². The van der Waals surface area contributed by atoms with Gasteiger partial charge in [-0.15, -0.1) is 0 Å². The standard InChI is InChI=1S/C49H66N4O3/c1-11-28(4)16-14-17-29(5)18-15-19-30(6)22-23-56-46(55)21-20-37-33(9)41-25-39-31(7)35(12-2)43(50-39)26-40-32(8)36(13-3)44(51-40)27-42-34(10)47-45(54)24-38(48(37)52-41)49(47)53-42/h12,22,25-29,33,37,50-53H,2,11,13-21,23-24H2,1,3-10H3/b30-22+,40-26-,41-25-,44-27-,48-38-/t28-,29-,33+,37+/m1/s1. The fourth-order valence-electron chi connectivity index (χ4n) is 9.23. The van der Waals surface area contributed by atoms with E-state index in [1.807, 2.05) is 13.0 Å². The van der Waals surface area contributed by atoms with E-state index in [-0.39, 0.29) is 23.6 Å². The van der Waals surface area contributed by atoms with E-state index >= 15 is 0 Å². The highest BCUT2D eigenvalue weighted by Gasteiger charge is 2.39. The van der Waals surface area contributed by atoms with E-state index in [1.165, 1.54) is 55.2 Å². The third kappa shape index (κ3) is 8.57. The molecule has 0 aromatic carbocycles. The van der Waals surface area contributed by atoms with Crippen LogP contribution in [0.4, 0.5) is 0 Å². The van der Waals surface area contributed by atoms with Gasteiger partial charge in [-0.05, 0) is 112 Å². The highest BCUT2D eigenvalue weighted by atomic mass is 16.5. The normalized spacial score (nSPS) is 22.1. The number of aromatic nitrogens is 3.